The Kier molecular flexibility index (Phi) is 6.01. The van der Waals surface area contributed by atoms with Crippen molar-refractivity contribution in [3.8, 4) is 0 Å². The van der Waals surface area contributed by atoms with Gasteiger partial charge in [-0.2, -0.15) is 0 Å². The zero-order valence-corrected chi connectivity index (χ0v) is 13.8. The standard InChI is InChI=1S/C11H10INO2S.C2H6/c1-7-6-13(16-12)10-4-3-8(5-9(7)10)11(14)15-2;1-2/h3-6H,1-2H3;1-2H3. The zero-order valence-electron chi connectivity index (χ0n) is 10.9. The van der Waals surface area contributed by atoms with Crippen molar-refractivity contribution in [1.29, 1.82) is 0 Å². The van der Waals surface area contributed by atoms with E-state index in [0.717, 1.165) is 16.5 Å². The number of carbonyl (C=O) groups excluding carboxylic acids is 1. The fraction of sp³-hybridized carbons (Fsp3) is 0.308. The van der Waals surface area contributed by atoms with E-state index in [-0.39, 0.29) is 5.97 Å². The van der Waals surface area contributed by atoms with Crippen molar-refractivity contribution in [1.82, 2.24) is 3.97 Å². The van der Waals surface area contributed by atoms with Gasteiger partial charge in [-0.25, -0.2) is 4.79 Å². The molecule has 1 aromatic heterocycles. The molecule has 0 aliphatic heterocycles. The van der Waals surface area contributed by atoms with Crippen LogP contribution in [0.4, 0.5) is 0 Å². The molecule has 0 aliphatic carbocycles. The number of methoxy groups -OCH3 is 1. The van der Waals surface area contributed by atoms with E-state index in [1.165, 1.54) is 7.11 Å². The molecule has 0 radical (unpaired) electrons. The topological polar surface area (TPSA) is 31.2 Å². The average molecular weight is 377 g/mol. The monoisotopic (exact) mass is 377 g/mol. The molecule has 0 N–H and O–H groups in total. The van der Waals surface area contributed by atoms with Crippen molar-refractivity contribution in [2.24, 2.45) is 0 Å². The van der Waals surface area contributed by atoms with Crippen molar-refractivity contribution >= 4 is 47.2 Å². The fourth-order valence-corrected chi connectivity index (χ4v) is 3.07. The van der Waals surface area contributed by atoms with Gasteiger partial charge in [0.15, 0.2) is 0 Å². The lowest BCUT2D eigenvalue weighted by atomic mass is 10.1. The maximum absolute atomic E-state index is 11.4. The second-order valence-electron chi connectivity index (χ2n) is 3.43. The minimum atomic E-state index is -0.295. The summed E-state index contributed by atoms with van der Waals surface area (Å²) in [7, 11) is 3.00. The van der Waals surface area contributed by atoms with Gasteiger partial charge in [0.2, 0.25) is 0 Å². The fourth-order valence-electron chi connectivity index (χ4n) is 1.66. The Morgan fingerprint density at radius 1 is 1.39 bits per heavy atom. The SMILES string of the molecule is CC.COC(=O)c1ccc2c(c1)c(C)cn2SI. The van der Waals surface area contributed by atoms with Gasteiger partial charge in [-0.3, -0.25) is 3.97 Å². The molecule has 2 aromatic rings. The van der Waals surface area contributed by atoms with Crippen LogP contribution < -0.4 is 0 Å². The highest BCUT2D eigenvalue weighted by molar-refractivity contribution is 14.2. The van der Waals surface area contributed by atoms with Gasteiger partial charge in [-0.05, 0) is 30.7 Å². The highest BCUT2D eigenvalue weighted by Gasteiger charge is 2.10. The van der Waals surface area contributed by atoms with E-state index in [1.807, 2.05) is 32.9 Å². The predicted octanol–water partition coefficient (Wildman–Crippen LogP) is 4.61. The van der Waals surface area contributed by atoms with Crippen molar-refractivity contribution < 1.29 is 9.53 Å². The normalized spacial score (nSPS) is 9.83. The van der Waals surface area contributed by atoms with Gasteiger partial charge in [-0.1, -0.05) is 13.8 Å². The Morgan fingerprint density at radius 3 is 2.61 bits per heavy atom. The maximum atomic E-state index is 11.4. The first-order chi connectivity index (χ1) is 8.67. The molecule has 0 saturated carbocycles. The number of nitrogens with zero attached hydrogens (tertiary/aromatic N) is 1. The number of aromatic nitrogens is 1. The lowest BCUT2D eigenvalue weighted by Crippen LogP contribution is -2.00. The molecule has 18 heavy (non-hydrogen) atoms. The van der Waals surface area contributed by atoms with Crippen LogP contribution in [0.25, 0.3) is 10.9 Å². The number of hydrogen-bond donors (Lipinski definition) is 0. The number of esters is 1. The summed E-state index contributed by atoms with van der Waals surface area (Å²) in [5, 5.41) is 1.09. The number of rotatable bonds is 2. The van der Waals surface area contributed by atoms with Crippen LogP contribution >= 0.6 is 30.3 Å². The smallest absolute Gasteiger partial charge is 0.337 e. The van der Waals surface area contributed by atoms with Gasteiger partial charge in [0, 0.05) is 41.9 Å². The van der Waals surface area contributed by atoms with Gasteiger partial charge >= 0.3 is 5.97 Å². The van der Waals surface area contributed by atoms with Gasteiger partial charge < -0.3 is 4.74 Å². The number of benzene rings is 1. The molecular weight excluding hydrogens is 361 g/mol. The number of aryl methyl sites for hydroxylation is 1. The van der Waals surface area contributed by atoms with Crippen LogP contribution in [0.2, 0.25) is 0 Å². The van der Waals surface area contributed by atoms with E-state index in [9.17, 15) is 4.79 Å². The number of carbonyl (C=O) groups is 1. The van der Waals surface area contributed by atoms with Gasteiger partial charge in [0.05, 0.1) is 18.2 Å². The first-order valence-electron chi connectivity index (χ1n) is 5.66. The molecule has 0 fully saturated rings. The lowest BCUT2D eigenvalue weighted by molar-refractivity contribution is 0.0601. The number of hydrogen-bond acceptors (Lipinski definition) is 3. The van der Waals surface area contributed by atoms with Gasteiger partial charge in [0.25, 0.3) is 0 Å². The van der Waals surface area contributed by atoms with Crippen LogP contribution in [0, 0.1) is 6.92 Å². The summed E-state index contributed by atoms with van der Waals surface area (Å²) in [6.07, 6.45) is 2.06. The van der Waals surface area contributed by atoms with Crippen LogP contribution in [0.15, 0.2) is 24.4 Å². The zero-order chi connectivity index (χ0) is 13.7. The van der Waals surface area contributed by atoms with E-state index < -0.39 is 0 Å². The van der Waals surface area contributed by atoms with Crippen LogP contribution in [-0.2, 0) is 4.74 Å². The molecule has 0 unspecified atom stereocenters. The van der Waals surface area contributed by atoms with Crippen LogP contribution in [0.5, 0.6) is 0 Å². The van der Waals surface area contributed by atoms with Crippen molar-refractivity contribution in [3.05, 3.63) is 35.5 Å². The molecule has 0 bridgehead atoms. The largest absolute Gasteiger partial charge is 0.465 e. The number of ether oxygens (including phenoxy) is 1. The quantitative estimate of drug-likeness (QED) is 0.566. The summed E-state index contributed by atoms with van der Waals surface area (Å²) in [6.45, 7) is 6.03. The Bertz CT molecular complexity index is 551. The van der Waals surface area contributed by atoms with Crippen LogP contribution in [0.3, 0.4) is 0 Å². The van der Waals surface area contributed by atoms with E-state index in [2.05, 4.69) is 31.4 Å². The van der Waals surface area contributed by atoms with E-state index in [0.29, 0.717) is 5.56 Å². The van der Waals surface area contributed by atoms with Crippen molar-refractivity contribution in [2.75, 3.05) is 7.11 Å². The van der Waals surface area contributed by atoms with E-state index >= 15 is 0 Å². The minimum absolute atomic E-state index is 0.295. The van der Waals surface area contributed by atoms with E-state index in [4.69, 9.17) is 4.74 Å². The van der Waals surface area contributed by atoms with Crippen LogP contribution in [0.1, 0.15) is 29.8 Å². The Labute approximate surface area is 124 Å². The summed E-state index contributed by atoms with van der Waals surface area (Å²) in [5.41, 5.74) is 2.86. The third-order valence-corrected chi connectivity index (χ3v) is 4.19. The van der Waals surface area contributed by atoms with E-state index in [1.54, 1.807) is 15.2 Å². The molecule has 2 rings (SSSR count). The number of fused-ring (bicyclic) bond motifs is 1. The van der Waals surface area contributed by atoms with Gasteiger partial charge in [-0.15, -0.1) is 0 Å². The maximum Gasteiger partial charge on any atom is 0.337 e. The first-order valence-corrected chi connectivity index (χ1v) is 8.98. The Morgan fingerprint density at radius 2 is 2.06 bits per heavy atom. The molecule has 0 amide bonds. The summed E-state index contributed by atoms with van der Waals surface area (Å²) in [6, 6.07) is 5.61. The predicted molar refractivity (Wildman–Crippen MR) is 86.4 cm³/mol. The highest BCUT2D eigenvalue weighted by Crippen LogP contribution is 2.28. The molecule has 1 aromatic carbocycles. The molecule has 3 nitrogen and oxygen atoms in total. The molecular formula is C13H16INO2S. The Hall–Kier alpha value is -0.690. The molecule has 1 heterocycles. The second kappa shape index (κ2) is 7.04. The van der Waals surface area contributed by atoms with Crippen molar-refractivity contribution in [3.63, 3.8) is 0 Å². The molecule has 0 aliphatic rings. The average Bonchev–Trinajstić information content (AvgIpc) is 2.76. The molecule has 5 heteroatoms. The lowest BCUT2D eigenvalue weighted by Gasteiger charge is -2.01. The summed E-state index contributed by atoms with van der Waals surface area (Å²) in [5.74, 6) is -0.295. The second-order valence-corrected chi connectivity index (χ2v) is 5.14. The summed E-state index contributed by atoms with van der Waals surface area (Å²) < 4.78 is 6.78. The summed E-state index contributed by atoms with van der Waals surface area (Å²) in [4.78, 5) is 11.4. The molecule has 98 valence electrons. The number of halogens is 1. The highest BCUT2D eigenvalue weighted by atomic mass is 127. The summed E-state index contributed by atoms with van der Waals surface area (Å²) >= 11 is 2.23. The van der Waals surface area contributed by atoms with Crippen molar-refractivity contribution in [2.45, 2.75) is 20.8 Å². The third-order valence-electron chi connectivity index (χ3n) is 2.47. The minimum Gasteiger partial charge on any atom is -0.465 e. The molecule has 0 saturated heterocycles. The van der Waals surface area contributed by atoms with Gasteiger partial charge in [0.1, 0.15) is 0 Å². The molecule has 0 spiro atoms. The third kappa shape index (κ3) is 3.00. The first kappa shape index (κ1) is 15.4. The molecule has 0 atom stereocenters. The Balaban J connectivity index is 0.000000771. The van der Waals surface area contributed by atoms with Crippen LogP contribution in [-0.4, -0.2) is 17.1 Å².